The number of carboxylic acids is 1. The molecule has 0 spiro atoms. The van der Waals surface area contributed by atoms with Crippen LogP contribution in [0.4, 0.5) is 4.79 Å². The van der Waals surface area contributed by atoms with Crippen LogP contribution in [0, 0.1) is 11.8 Å². The van der Waals surface area contributed by atoms with Crippen LogP contribution in [0.1, 0.15) is 53.9 Å². The van der Waals surface area contributed by atoms with Gasteiger partial charge in [-0.2, -0.15) is 0 Å². The largest absolute Gasteiger partial charge is 0.548 e. The second-order valence-corrected chi connectivity index (χ2v) is 5.88. The Balaban J connectivity index is 4.05. The fourth-order valence-electron chi connectivity index (χ4n) is 1.81. The fourth-order valence-corrected chi connectivity index (χ4v) is 1.81. The number of hydrogen-bond acceptors (Lipinski definition) is 3. The molecule has 0 bridgehead atoms. The molecule has 0 fully saturated rings. The molecule has 0 aliphatic heterocycles. The predicted molar refractivity (Wildman–Crippen MR) is 73.5 cm³/mol. The highest BCUT2D eigenvalue weighted by molar-refractivity contribution is 5.81. The normalized spacial score (nSPS) is 14.3. The molecule has 2 N–H and O–H groups in total. The lowest BCUT2D eigenvalue weighted by Crippen LogP contribution is -2.54. The Morgan fingerprint density at radius 2 is 1.58 bits per heavy atom. The highest BCUT2D eigenvalue weighted by Gasteiger charge is 2.18. The second-order valence-electron chi connectivity index (χ2n) is 5.88. The van der Waals surface area contributed by atoms with Crippen LogP contribution in [0.2, 0.25) is 0 Å². The van der Waals surface area contributed by atoms with E-state index in [0.29, 0.717) is 5.92 Å². The third kappa shape index (κ3) is 8.46. The molecular formula is C14H27N2O3-. The number of carbonyl (C=O) groups is 2. The predicted octanol–water partition coefficient (Wildman–Crippen LogP) is 1.27. The van der Waals surface area contributed by atoms with E-state index < -0.39 is 18.0 Å². The number of amides is 2. The lowest BCUT2D eigenvalue weighted by atomic mass is 10.0. The first-order valence-corrected chi connectivity index (χ1v) is 7.01. The molecular weight excluding hydrogens is 244 g/mol. The Bertz CT molecular complexity index is 290. The van der Waals surface area contributed by atoms with Crippen molar-refractivity contribution < 1.29 is 14.7 Å². The van der Waals surface area contributed by atoms with Crippen LogP contribution in [0.3, 0.4) is 0 Å². The molecule has 2 amide bonds. The molecule has 19 heavy (non-hydrogen) atoms. The van der Waals surface area contributed by atoms with Crippen LogP contribution in [-0.2, 0) is 4.79 Å². The lowest BCUT2D eigenvalue weighted by Gasteiger charge is -2.24. The topological polar surface area (TPSA) is 81.3 Å². The number of carbonyl (C=O) groups excluding carboxylic acids is 2. The molecule has 0 unspecified atom stereocenters. The molecule has 0 aromatic carbocycles. The van der Waals surface area contributed by atoms with Gasteiger partial charge in [0, 0.05) is 6.04 Å². The van der Waals surface area contributed by atoms with Crippen molar-refractivity contribution in [3.63, 3.8) is 0 Å². The van der Waals surface area contributed by atoms with Gasteiger partial charge in [-0.05, 0) is 25.2 Å². The summed E-state index contributed by atoms with van der Waals surface area (Å²) >= 11 is 0. The van der Waals surface area contributed by atoms with Crippen LogP contribution < -0.4 is 15.7 Å². The van der Waals surface area contributed by atoms with Crippen molar-refractivity contribution in [3.05, 3.63) is 0 Å². The third-order valence-corrected chi connectivity index (χ3v) is 3.00. The minimum Gasteiger partial charge on any atom is -0.548 e. The molecule has 112 valence electrons. The zero-order valence-electron chi connectivity index (χ0n) is 12.7. The fraction of sp³-hybridized carbons (Fsp3) is 0.857. The van der Waals surface area contributed by atoms with Crippen LogP contribution >= 0.6 is 0 Å². The maximum atomic E-state index is 11.7. The smallest absolute Gasteiger partial charge is 0.315 e. The van der Waals surface area contributed by atoms with E-state index in [4.69, 9.17) is 0 Å². The Morgan fingerprint density at radius 1 is 1.00 bits per heavy atom. The highest BCUT2D eigenvalue weighted by atomic mass is 16.4. The van der Waals surface area contributed by atoms with E-state index in [-0.39, 0.29) is 12.0 Å². The Labute approximate surface area is 116 Å². The van der Waals surface area contributed by atoms with Gasteiger partial charge in [-0.15, -0.1) is 0 Å². The van der Waals surface area contributed by atoms with Gasteiger partial charge in [-0.3, -0.25) is 0 Å². The molecule has 5 nitrogen and oxygen atoms in total. The summed E-state index contributed by atoms with van der Waals surface area (Å²) in [5, 5.41) is 16.0. The van der Waals surface area contributed by atoms with Crippen molar-refractivity contribution in [3.8, 4) is 0 Å². The average Bonchev–Trinajstić information content (AvgIpc) is 2.24. The summed E-state index contributed by atoms with van der Waals surface area (Å²) in [5.41, 5.74) is 0. The zero-order chi connectivity index (χ0) is 15.0. The standard InChI is InChI=1S/C14H28N2O3/c1-9(2)7-6-8-11(5)15-14(19)16-12(10(3)4)13(17)18/h9-12H,6-8H2,1-5H3,(H,17,18)(H2,15,16,19)/p-1/t11-,12-/m0/s1. The highest BCUT2D eigenvalue weighted by Crippen LogP contribution is 2.08. The van der Waals surface area contributed by atoms with Gasteiger partial charge < -0.3 is 20.5 Å². The summed E-state index contributed by atoms with van der Waals surface area (Å²) in [6.07, 6.45) is 3.07. The number of urea groups is 1. The summed E-state index contributed by atoms with van der Waals surface area (Å²) < 4.78 is 0. The molecule has 0 aromatic heterocycles. The maximum absolute atomic E-state index is 11.7. The van der Waals surface area contributed by atoms with Gasteiger partial charge in [0.1, 0.15) is 0 Å². The average molecular weight is 271 g/mol. The summed E-state index contributed by atoms with van der Waals surface area (Å²) in [5.74, 6) is -0.797. The van der Waals surface area contributed by atoms with Crippen LogP contribution in [0.5, 0.6) is 0 Å². The Hall–Kier alpha value is -1.26. The van der Waals surface area contributed by atoms with Gasteiger partial charge in [0.2, 0.25) is 0 Å². The van der Waals surface area contributed by atoms with E-state index in [2.05, 4.69) is 24.5 Å². The molecule has 0 heterocycles. The van der Waals surface area contributed by atoms with Crippen molar-refractivity contribution in [2.24, 2.45) is 11.8 Å². The van der Waals surface area contributed by atoms with E-state index in [9.17, 15) is 14.7 Å². The summed E-state index contributed by atoms with van der Waals surface area (Å²) in [6, 6.07) is -1.36. The van der Waals surface area contributed by atoms with Gasteiger partial charge in [0.15, 0.2) is 0 Å². The van der Waals surface area contributed by atoms with E-state index >= 15 is 0 Å². The first-order chi connectivity index (χ1) is 8.73. The number of nitrogens with one attached hydrogen (secondary N) is 2. The van der Waals surface area contributed by atoms with Gasteiger partial charge in [-0.1, -0.05) is 40.5 Å². The van der Waals surface area contributed by atoms with Crippen LogP contribution in [0.25, 0.3) is 0 Å². The number of aliphatic carboxylic acids is 1. The molecule has 0 saturated carbocycles. The minimum atomic E-state index is -1.25. The molecule has 0 aliphatic carbocycles. The van der Waals surface area contributed by atoms with Gasteiger partial charge >= 0.3 is 6.03 Å². The van der Waals surface area contributed by atoms with Crippen molar-refractivity contribution in [2.45, 2.75) is 66.0 Å². The van der Waals surface area contributed by atoms with Crippen molar-refractivity contribution in [1.82, 2.24) is 10.6 Å². The minimum absolute atomic E-state index is 0.0355. The molecule has 0 saturated heterocycles. The number of hydrogen-bond donors (Lipinski definition) is 2. The first kappa shape index (κ1) is 17.7. The molecule has 0 rings (SSSR count). The second kappa shape index (κ2) is 8.77. The van der Waals surface area contributed by atoms with E-state index in [0.717, 1.165) is 19.3 Å². The van der Waals surface area contributed by atoms with E-state index in [1.165, 1.54) is 0 Å². The zero-order valence-corrected chi connectivity index (χ0v) is 12.7. The summed E-state index contributed by atoms with van der Waals surface area (Å²) in [7, 11) is 0. The summed E-state index contributed by atoms with van der Waals surface area (Å²) in [6.45, 7) is 9.71. The SMILES string of the molecule is CC(C)CCC[C@H](C)NC(=O)N[C@H](C(=O)[O-])C(C)C. The van der Waals surface area contributed by atoms with Gasteiger partial charge in [0.05, 0.1) is 12.0 Å². The number of rotatable bonds is 8. The first-order valence-electron chi connectivity index (χ1n) is 7.01. The van der Waals surface area contributed by atoms with Crippen molar-refractivity contribution >= 4 is 12.0 Å². The Kier molecular flexibility index (Phi) is 8.19. The van der Waals surface area contributed by atoms with Crippen molar-refractivity contribution in [2.75, 3.05) is 0 Å². The molecule has 0 aromatic rings. The van der Waals surface area contributed by atoms with Crippen molar-refractivity contribution in [1.29, 1.82) is 0 Å². The molecule has 0 radical (unpaired) electrons. The van der Waals surface area contributed by atoms with Gasteiger partial charge in [0.25, 0.3) is 0 Å². The monoisotopic (exact) mass is 271 g/mol. The lowest BCUT2D eigenvalue weighted by molar-refractivity contribution is -0.309. The van der Waals surface area contributed by atoms with Gasteiger partial charge in [-0.25, -0.2) is 4.79 Å². The van der Waals surface area contributed by atoms with E-state index in [1.807, 2.05) is 6.92 Å². The molecule has 0 aliphatic rings. The maximum Gasteiger partial charge on any atom is 0.315 e. The molecule has 2 atom stereocenters. The van der Waals surface area contributed by atoms with Crippen LogP contribution in [-0.4, -0.2) is 24.1 Å². The third-order valence-electron chi connectivity index (χ3n) is 3.00. The van der Waals surface area contributed by atoms with Crippen LogP contribution in [0.15, 0.2) is 0 Å². The number of carboxylic acid groups (broad SMARTS) is 1. The quantitative estimate of drug-likeness (QED) is 0.697. The Morgan fingerprint density at radius 3 is 2.00 bits per heavy atom. The molecule has 5 heteroatoms. The van der Waals surface area contributed by atoms with E-state index in [1.54, 1.807) is 13.8 Å². The summed E-state index contributed by atoms with van der Waals surface area (Å²) in [4.78, 5) is 22.5.